The quantitative estimate of drug-likeness (QED) is 0.786. The fraction of sp³-hybridized carbons (Fsp3) is 0. The summed E-state index contributed by atoms with van der Waals surface area (Å²) in [6.07, 6.45) is 3.71. The zero-order valence-electron chi connectivity index (χ0n) is 8.22. The molecule has 1 N–H and O–H groups in total. The van der Waals surface area contributed by atoms with Crippen LogP contribution in [0.15, 0.2) is 36.5 Å². The molecule has 0 spiro atoms. The number of halogens is 1. The van der Waals surface area contributed by atoms with Crippen LogP contribution in [-0.2, 0) is 4.79 Å². The lowest BCUT2D eigenvalue weighted by atomic mass is 10.1. The van der Waals surface area contributed by atoms with Crippen molar-refractivity contribution < 1.29 is 14.3 Å². The molecule has 0 aliphatic heterocycles. The summed E-state index contributed by atoms with van der Waals surface area (Å²) < 4.78 is 13.5. The van der Waals surface area contributed by atoms with E-state index in [9.17, 15) is 9.18 Å². The van der Waals surface area contributed by atoms with Gasteiger partial charge in [-0.1, -0.05) is 6.07 Å². The molecule has 1 aromatic carbocycles. The summed E-state index contributed by atoms with van der Waals surface area (Å²) in [5.74, 6) is -1.57. The van der Waals surface area contributed by atoms with Crippen LogP contribution in [-0.4, -0.2) is 16.1 Å². The number of pyridine rings is 1. The van der Waals surface area contributed by atoms with E-state index in [2.05, 4.69) is 4.98 Å². The smallest absolute Gasteiger partial charge is 0.328 e. The van der Waals surface area contributed by atoms with Crippen molar-refractivity contribution in [3.8, 4) is 0 Å². The first-order valence-corrected chi connectivity index (χ1v) is 4.62. The van der Waals surface area contributed by atoms with E-state index in [-0.39, 0.29) is 5.56 Å². The normalized spacial score (nSPS) is 11.1. The number of hydrogen-bond acceptors (Lipinski definition) is 2. The molecule has 4 heteroatoms. The fourth-order valence-corrected chi connectivity index (χ4v) is 1.40. The highest BCUT2D eigenvalue weighted by atomic mass is 19.1. The average molecular weight is 217 g/mol. The van der Waals surface area contributed by atoms with Crippen LogP contribution < -0.4 is 0 Å². The van der Waals surface area contributed by atoms with E-state index in [1.807, 2.05) is 0 Å². The lowest BCUT2D eigenvalue weighted by molar-refractivity contribution is -0.131. The molecular weight excluding hydrogens is 209 g/mol. The highest BCUT2D eigenvalue weighted by Gasteiger charge is 2.02. The third-order valence-electron chi connectivity index (χ3n) is 2.13. The van der Waals surface area contributed by atoms with Crippen molar-refractivity contribution in [3.05, 3.63) is 47.9 Å². The highest BCUT2D eigenvalue weighted by molar-refractivity contribution is 5.87. The Labute approximate surface area is 90.9 Å². The van der Waals surface area contributed by atoms with Crippen molar-refractivity contribution in [2.45, 2.75) is 0 Å². The van der Waals surface area contributed by atoms with E-state index in [1.54, 1.807) is 18.3 Å². The molecule has 2 aromatic rings. The van der Waals surface area contributed by atoms with Gasteiger partial charge in [0.2, 0.25) is 0 Å². The van der Waals surface area contributed by atoms with Crippen molar-refractivity contribution >= 4 is 22.9 Å². The molecule has 16 heavy (non-hydrogen) atoms. The molecule has 0 aliphatic rings. The maximum absolute atomic E-state index is 13.5. The van der Waals surface area contributed by atoms with Crippen LogP contribution in [0.1, 0.15) is 5.56 Å². The number of aromatic nitrogens is 1. The molecule has 0 aliphatic carbocycles. The van der Waals surface area contributed by atoms with Crippen LogP contribution in [0.25, 0.3) is 17.0 Å². The van der Waals surface area contributed by atoms with Crippen molar-refractivity contribution in [2.75, 3.05) is 0 Å². The van der Waals surface area contributed by atoms with E-state index in [4.69, 9.17) is 5.11 Å². The molecule has 0 fully saturated rings. The second-order valence-electron chi connectivity index (χ2n) is 3.24. The van der Waals surface area contributed by atoms with Crippen molar-refractivity contribution in [2.24, 2.45) is 0 Å². The summed E-state index contributed by atoms with van der Waals surface area (Å²) in [6.45, 7) is 0. The highest BCUT2D eigenvalue weighted by Crippen LogP contribution is 2.18. The van der Waals surface area contributed by atoms with E-state index in [0.29, 0.717) is 10.9 Å². The Bertz CT molecular complexity index is 578. The number of benzene rings is 1. The van der Waals surface area contributed by atoms with Crippen LogP contribution in [0.2, 0.25) is 0 Å². The van der Waals surface area contributed by atoms with Gasteiger partial charge in [-0.2, -0.15) is 0 Å². The Kier molecular flexibility index (Phi) is 2.64. The Morgan fingerprint density at radius 1 is 1.44 bits per heavy atom. The van der Waals surface area contributed by atoms with E-state index in [0.717, 1.165) is 6.08 Å². The zero-order valence-corrected chi connectivity index (χ0v) is 8.22. The SMILES string of the molecule is O=C(O)/C=C/c1cc2ncccc2cc1F. The largest absolute Gasteiger partial charge is 0.478 e. The molecule has 1 heterocycles. The van der Waals surface area contributed by atoms with Crippen LogP contribution in [0, 0.1) is 5.82 Å². The molecule has 0 bridgehead atoms. The van der Waals surface area contributed by atoms with Crippen LogP contribution in [0.5, 0.6) is 0 Å². The summed E-state index contributed by atoms with van der Waals surface area (Å²) in [5, 5.41) is 9.14. The predicted molar refractivity (Wildman–Crippen MR) is 58.4 cm³/mol. The minimum Gasteiger partial charge on any atom is -0.478 e. The third kappa shape index (κ3) is 2.06. The third-order valence-corrected chi connectivity index (χ3v) is 2.13. The molecule has 0 atom stereocenters. The van der Waals surface area contributed by atoms with Gasteiger partial charge in [-0.05, 0) is 24.3 Å². The first-order valence-electron chi connectivity index (χ1n) is 4.62. The second-order valence-corrected chi connectivity index (χ2v) is 3.24. The lowest BCUT2D eigenvalue weighted by Crippen LogP contribution is -1.89. The Morgan fingerprint density at radius 3 is 3.00 bits per heavy atom. The summed E-state index contributed by atoms with van der Waals surface area (Å²) in [5.41, 5.74) is 0.850. The molecule has 0 radical (unpaired) electrons. The van der Waals surface area contributed by atoms with Crippen LogP contribution >= 0.6 is 0 Å². The monoisotopic (exact) mass is 217 g/mol. The minimum absolute atomic E-state index is 0.216. The molecule has 0 saturated heterocycles. The fourth-order valence-electron chi connectivity index (χ4n) is 1.40. The van der Waals surface area contributed by atoms with Gasteiger partial charge in [0.15, 0.2) is 0 Å². The van der Waals surface area contributed by atoms with Gasteiger partial charge in [0.1, 0.15) is 5.82 Å². The summed E-state index contributed by atoms with van der Waals surface area (Å²) in [4.78, 5) is 14.4. The Balaban J connectivity index is 2.54. The number of aliphatic carboxylic acids is 1. The molecule has 80 valence electrons. The number of carboxylic acid groups (broad SMARTS) is 1. The Hall–Kier alpha value is -2.23. The van der Waals surface area contributed by atoms with Gasteiger partial charge in [0.25, 0.3) is 0 Å². The molecule has 2 rings (SSSR count). The molecule has 1 aromatic heterocycles. The Morgan fingerprint density at radius 2 is 2.25 bits per heavy atom. The van der Waals surface area contributed by atoms with E-state index in [1.165, 1.54) is 18.2 Å². The topological polar surface area (TPSA) is 50.2 Å². The standard InChI is InChI=1S/C12H8FNO2/c13-10-6-9-2-1-5-14-11(9)7-8(10)3-4-12(15)16/h1-7H,(H,15,16)/b4-3+. The molecule has 0 saturated carbocycles. The number of hydrogen-bond donors (Lipinski definition) is 1. The van der Waals surface area contributed by atoms with Gasteiger partial charge in [-0.3, -0.25) is 4.98 Å². The maximum atomic E-state index is 13.5. The predicted octanol–water partition coefficient (Wildman–Crippen LogP) is 2.47. The summed E-state index contributed by atoms with van der Waals surface area (Å²) in [7, 11) is 0. The van der Waals surface area contributed by atoms with Gasteiger partial charge < -0.3 is 5.11 Å². The second kappa shape index (κ2) is 4.10. The van der Waals surface area contributed by atoms with Crippen molar-refractivity contribution in [1.29, 1.82) is 0 Å². The van der Waals surface area contributed by atoms with Crippen LogP contribution in [0.3, 0.4) is 0 Å². The number of rotatable bonds is 2. The number of carboxylic acids is 1. The molecule has 0 amide bonds. The number of carbonyl (C=O) groups is 1. The van der Waals surface area contributed by atoms with Gasteiger partial charge in [0, 0.05) is 23.2 Å². The van der Waals surface area contributed by atoms with Crippen molar-refractivity contribution in [3.63, 3.8) is 0 Å². The molecular formula is C12H8FNO2. The first kappa shape index (κ1) is 10.3. The van der Waals surface area contributed by atoms with E-state index >= 15 is 0 Å². The average Bonchev–Trinajstić information content (AvgIpc) is 2.26. The number of fused-ring (bicyclic) bond motifs is 1. The lowest BCUT2D eigenvalue weighted by Gasteiger charge is -2.00. The van der Waals surface area contributed by atoms with Gasteiger partial charge in [-0.15, -0.1) is 0 Å². The van der Waals surface area contributed by atoms with Crippen molar-refractivity contribution in [1.82, 2.24) is 4.98 Å². The number of nitrogens with zero attached hydrogens (tertiary/aromatic N) is 1. The molecule has 3 nitrogen and oxygen atoms in total. The van der Waals surface area contributed by atoms with E-state index < -0.39 is 11.8 Å². The van der Waals surface area contributed by atoms with Crippen LogP contribution in [0.4, 0.5) is 4.39 Å². The summed E-state index contributed by atoms with van der Waals surface area (Å²) in [6, 6.07) is 6.32. The zero-order chi connectivity index (χ0) is 11.5. The van der Waals surface area contributed by atoms with Gasteiger partial charge in [0.05, 0.1) is 5.52 Å². The molecule has 0 unspecified atom stereocenters. The van der Waals surface area contributed by atoms with Gasteiger partial charge >= 0.3 is 5.97 Å². The van der Waals surface area contributed by atoms with Gasteiger partial charge in [-0.25, -0.2) is 9.18 Å². The summed E-state index contributed by atoms with van der Waals surface area (Å²) >= 11 is 0. The minimum atomic E-state index is -1.11. The maximum Gasteiger partial charge on any atom is 0.328 e. The first-order chi connectivity index (χ1) is 7.66.